The number of amides is 3. The molecular formula is C35H45N5O7. The van der Waals surface area contributed by atoms with E-state index in [1.165, 1.54) is 19.1 Å². The van der Waals surface area contributed by atoms with Gasteiger partial charge in [-0.3, -0.25) is 19.2 Å². The number of phenolic OH excluding ortho intramolecular Hbond substituents is 1. The van der Waals surface area contributed by atoms with E-state index < -0.39 is 65.3 Å². The van der Waals surface area contributed by atoms with Gasteiger partial charge in [-0.1, -0.05) is 49.4 Å². The highest BCUT2D eigenvalue weighted by Gasteiger charge is 2.64. The Hall–Kier alpha value is -4.29. The van der Waals surface area contributed by atoms with Gasteiger partial charge in [-0.25, -0.2) is 4.79 Å². The first kappa shape index (κ1) is 34.1. The Morgan fingerprint density at radius 1 is 0.894 bits per heavy atom. The molecule has 4 bridgehead atoms. The molecule has 4 aliphatic carbocycles. The second-order valence-corrected chi connectivity index (χ2v) is 13.8. The molecule has 4 saturated carbocycles. The Bertz CT molecular complexity index is 1480. The lowest BCUT2D eigenvalue weighted by Crippen LogP contribution is -2.68. The summed E-state index contributed by atoms with van der Waals surface area (Å²) in [5.41, 5.74) is 13.0. The van der Waals surface area contributed by atoms with Gasteiger partial charge in [0.25, 0.3) is 0 Å². The van der Waals surface area contributed by atoms with Crippen LogP contribution in [-0.4, -0.2) is 65.0 Å². The Morgan fingerprint density at radius 3 is 2.15 bits per heavy atom. The first-order valence-corrected chi connectivity index (χ1v) is 16.3. The molecule has 3 unspecified atom stereocenters. The highest BCUT2D eigenvalue weighted by Crippen LogP contribution is 2.64. The zero-order valence-electron chi connectivity index (χ0n) is 26.9. The number of benzene rings is 2. The normalized spacial score (nSPS) is 27.6. The van der Waals surface area contributed by atoms with Gasteiger partial charge in [0, 0.05) is 12.0 Å². The summed E-state index contributed by atoms with van der Waals surface area (Å²) < 4.78 is 5.56. The molecule has 252 valence electrons. The molecule has 4 aliphatic rings. The molecule has 3 amide bonds. The first-order chi connectivity index (χ1) is 22.3. The third-order valence-corrected chi connectivity index (χ3v) is 10.4. The van der Waals surface area contributed by atoms with Crippen LogP contribution in [0.1, 0.15) is 57.1 Å². The lowest BCUT2D eigenvalue weighted by atomic mass is 9.43. The highest BCUT2D eigenvalue weighted by atomic mass is 16.6. The number of rotatable bonds is 12. The van der Waals surface area contributed by atoms with Gasteiger partial charge in [-0.2, -0.15) is 0 Å². The summed E-state index contributed by atoms with van der Waals surface area (Å²) in [6.45, 7) is 2.96. The molecule has 47 heavy (non-hydrogen) atoms. The van der Waals surface area contributed by atoms with Crippen molar-refractivity contribution in [1.29, 1.82) is 0 Å². The maximum Gasteiger partial charge on any atom is 0.336 e. The standard InChI is InChI=1S/C35H45N5O7/c1-20(39-31(44)27(36)13-23-8-10-26(41)11-9-23)30(43)38-19-29(42)40-28(14-22-6-4-3-5-7-22)32(45)47-33(46)34-15-24-12-25(16-34)18-35(37,17-24)21(34)2/h3-11,20-21,24-25,27-28,41H,12-19,36-37H2,1-2H3,(H,38,43)(H,39,44)(H,40,42)/t20-,21?,24?,25?,27+,28+,34?,35?/m1/s1. The van der Waals surface area contributed by atoms with Crippen molar-refractivity contribution in [3.05, 3.63) is 65.7 Å². The Labute approximate surface area is 274 Å². The highest BCUT2D eigenvalue weighted by molar-refractivity contribution is 5.95. The molecule has 8 N–H and O–H groups in total. The molecule has 0 spiro atoms. The predicted octanol–water partition coefficient (Wildman–Crippen LogP) is 1.22. The monoisotopic (exact) mass is 647 g/mol. The summed E-state index contributed by atoms with van der Waals surface area (Å²) in [7, 11) is 0. The van der Waals surface area contributed by atoms with Crippen molar-refractivity contribution < 1.29 is 33.8 Å². The van der Waals surface area contributed by atoms with Crippen LogP contribution in [0, 0.1) is 23.2 Å². The number of phenols is 1. The number of ether oxygens (including phenoxy) is 1. The van der Waals surface area contributed by atoms with Gasteiger partial charge < -0.3 is 37.3 Å². The van der Waals surface area contributed by atoms with Gasteiger partial charge in [0.15, 0.2) is 0 Å². The van der Waals surface area contributed by atoms with Crippen molar-refractivity contribution in [2.75, 3.05) is 6.54 Å². The van der Waals surface area contributed by atoms with Crippen LogP contribution in [0.3, 0.4) is 0 Å². The van der Waals surface area contributed by atoms with E-state index in [1.807, 2.05) is 13.0 Å². The van der Waals surface area contributed by atoms with Crippen molar-refractivity contribution in [2.24, 2.45) is 34.6 Å². The van der Waals surface area contributed by atoms with Gasteiger partial charge in [0.1, 0.15) is 17.8 Å². The lowest BCUT2D eigenvalue weighted by Gasteiger charge is -2.63. The summed E-state index contributed by atoms with van der Waals surface area (Å²) in [5.74, 6) is -2.68. The Kier molecular flexibility index (Phi) is 10.0. The van der Waals surface area contributed by atoms with Crippen molar-refractivity contribution in [1.82, 2.24) is 16.0 Å². The van der Waals surface area contributed by atoms with Crippen molar-refractivity contribution >= 4 is 29.7 Å². The van der Waals surface area contributed by atoms with Crippen molar-refractivity contribution in [3.8, 4) is 5.75 Å². The van der Waals surface area contributed by atoms with Crippen LogP contribution in [0.5, 0.6) is 5.75 Å². The third kappa shape index (κ3) is 7.65. The number of carbonyl (C=O) groups is 5. The molecule has 0 aliphatic heterocycles. The molecule has 6 atom stereocenters. The van der Waals surface area contributed by atoms with Gasteiger partial charge in [-0.05, 0) is 86.5 Å². The minimum atomic E-state index is -1.18. The number of nitrogens with two attached hydrogens (primary N) is 2. The first-order valence-electron chi connectivity index (χ1n) is 16.3. The molecule has 0 heterocycles. The quantitative estimate of drug-likeness (QED) is 0.145. The maximum atomic E-state index is 13.7. The van der Waals surface area contributed by atoms with E-state index in [9.17, 15) is 29.1 Å². The zero-order chi connectivity index (χ0) is 33.9. The fourth-order valence-electron chi connectivity index (χ4n) is 8.06. The van der Waals surface area contributed by atoms with Crippen LogP contribution in [-0.2, 0) is 41.6 Å². The van der Waals surface area contributed by atoms with Crippen molar-refractivity contribution in [2.45, 2.75) is 82.5 Å². The van der Waals surface area contributed by atoms with Crippen LogP contribution < -0.4 is 27.4 Å². The molecule has 0 radical (unpaired) electrons. The SMILES string of the molecule is CC1C2(N)CC3CC(C2)CC1(C(=O)OC(=O)[C@H](Cc1ccccc1)NC(=O)CNC(=O)[C@@H](C)NC(=O)[C@@H](N)Cc1ccc(O)cc1)C3. The van der Waals surface area contributed by atoms with Crippen molar-refractivity contribution in [3.63, 3.8) is 0 Å². The van der Waals surface area contributed by atoms with Gasteiger partial charge >= 0.3 is 11.9 Å². The number of esters is 2. The van der Waals surface area contributed by atoms with E-state index in [-0.39, 0.29) is 24.5 Å². The minimum absolute atomic E-state index is 0.0760. The predicted molar refractivity (Wildman–Crippen MR) is 172 cm³/mol. The van der Waals surface area contributed by atoms with Gasteiger partial charge in [-0.15, -0.1) is 0 Å². The van der Waals surface area contributed by atoms with Crippen LogP contribution in [0.4, 0.5) is 0 Å². The van der Waals surface area contributed by atoms with E-state index in [2.05, 4.69) is 16.0 Å². The molecule has 0 saturated heterocycles. The molecule has 12 nitrogen and oxygen atoms in total. The van der Waals surface area contributed by atoms with E-state index >= 15 is 0 Å². The molecule has 6 rings (SSSR count). The summed E-state index contributed by atoms with van der Waals surface area (Å²) in [5, 5.41) is 17.0. The average molecular weight is 648 g/mol. The lowest BCUT2D eigenvalue weighted by molar-refractivity contribution is -0.190. The van der Waals surface area contributed by atoms with Gasteiger partial charge in [0.05, 0.1) is 18.0 Å². The molecule has 2 aromatic rings. The Morgan fingerprint density at radius 2 is 1.51 bits per heavy atom. The maximum absolute atomic E-state index is 13.7. The van der Waals surface area contributed by atoms with Crippen LogP contribution >= 0.6 is 0 Å². The summed E-state index contributed by atoms with van der Waals surface area (Å²) in [4.78, 5) is 65.5. The summed E-state index contributed by atoms with van der Waals surface area (Å²) >= 11 is 0. The third-order valence-electron chi connectivity index (χ3n) is 10.4. The molecular weight excluding hydrogens is 602 g/mol. The number of hydrogen-bond acceptors (Lipinski definition) is 9. The zero-order valence-corrected chi connectivity index (χ0v) is 26.9. The molecule has 4 fully saturated rings. The fraction of sp³-hybridized carbons (Fsp3) is 0.514. The number of hydrogen-bond donors (Lipinski definition) is 6. The van der Waals surface area contributed by atoms with Crippen LogP contribution in [0.2, 0.25) is 0 Å². The number of aromatic hydroxyl groups is 1. The van der Waals surface area contributed by atoms with Crippen LogP contribution in [0.15, 0.2) is 54.6 Å². The number of carbonyl (C=O) groups excluding carboxylic acids is 5. The van der Waals surface area contributed by atoms with E-state index in [0.717, 1.165) is 30.4 Å². The fourth-order valence-corrected chi connectivity index (χ4v) is 8.06. The Balaban J connectivity index is 1.16. The largest absolute Gasteiger partial charge is 0.508 e. The molecule has 12 heteroatoms. The van der Waals surface area contributed by atoms with E-state index in [4.69, 9.17) is 16.2 Å². The molecule has 2 aromatic carbocycles. The second kappa shape index (κ2) is 13.8. The topological polar surface area (TPSA) is 203 Å². The number of nitrogens with one attached hydrogen (secondary N) is 3. The summed E-state index contributed by atoms with van der Waals surface area (Å²) in [6, 6.07) is 12.2. The second-order valence-electron chi connectivity index (χ2n) is 13.8. The summed E-state index contributed by atoms with van der Waals surface area (Å²) in [6.07, 6.45) is 4.36. The van der Waals surface area contributed by atoms with Crippen LogP contribution in [0.25, 0.3) is 0 Å². The smallest absolute Gasteiger partial charge is 0.336 e. The minimum Gasteiger partial charge on any atom is -0.508 e. The average Bonchev–Trinajstić information content (AvgIpc) is 3.03. The van der Waals surface area contributed by atoms with E-state index in [1.54, 1.807) is 36.4 Å². The van der Waals surface area contributed by atoms with E-state index in [0.29, 0.717) is 24.7 Å². The van der Waals surface area contributed by atoms with Gasteiger partial charge in [0.2, 0.25) is 17.7 Å². The molecule has 0 aromatic heterocycles.